The van der Waals surface area contributed by atoms with E-state index in [1.807, 2.05) is 37.3 Å². The van der Waals surface area contributed by atoms with E-state index in [9.17, 15) is 9.59 Å². The van der Waals surface area contributed by atoms with E-state index in [1.165, 1.54) is 0 Å². The Hall–Kier alpha value is -3.29. The molecular weight excluding hydrogens is 398 g/mol. The van der Waals surface area contributed by atoms with E-state index in [2.05, 4.69) is 10.3 Å². The molecule has 1 atom stereocenters. The monoisotopic (exact) mass is 427 g/mol. The number of carbonyl (C=O) groups excluding carboxylic acids is 2. The second-order valence-corrected chi connectivity index (χ2v) is 8.51. The van der Waals surface area contributed by atoms with Crippen molar-refractivity contribution < 1.29 is 23.8 Å². The fourth-order valence-corrected chi connectivity index (χ4v) is 3.16. The molecule has 166 valence electrons. The van der Waals surface area contributed by atoms with Gasteiger partial charge in [-0.3, -0.25) is 9.78 Å². The molecule has 0 aliphatic carbocycles. The van der Waals surface area contributed by atoms with E-state index in [0.717, 1.165) is 11.3 Å². The van der Waals surface area contributed by atoms with Crippen molar-refractivity contribution in [3.05, 3.63) is 53.9 Å². The Balaban J connectivity index is 1.68. The van der Waals surface area contributed by atoms with Crippen LogP contribution in [-0.2, 0) is 22.5 Å². The molecule has 31 heavy (non-hydrogen) atoms. The predicted molar refractivity (Wildman–Crippen MR) is 115 cm³/mol. The third-order valence-electron chi connectivity index (χ3n) is 4.48. The number of pyridine rings is 1. The summed E-state index contributed by atoms with van der Waals surface area (Å²) in [5.41, 5.74) is 1.01. The molecule has 0 saturated heterocycles. The summed E-state index contributed by atoms with van der Waals surface area (Å²) in [6.07, 6.45) is 1.38. The van der Waals surface area contributed by atoms with Crippen LogP contribution in [0.15, 0.2) is 42.6 Å². The minimum absolute atomic E-state index is 0.0812. The van der Waals surface area contributed by atoms with Crippen molar-refractivity contribution in [1.82, 2.24) is 15.2 Å². The molecule has 0 radical (unpaired) electrons. The molecule has 2 amide bonds. The van der Waals surface area contributed by atoms with Gasteiger partial charge in [-0.1, -0.05) is 12.1 Å². The molecule has 2 heterocycles. The van der Waals surface area contributed by atoms with Crippen LogP contribution in [0.25, 0.3) is 0 Å². The zero-order chi connectivity index (χ0) is 22.4. The van der Waals surface area contributed by atoms with E-state index in [-0.39, 0.29) is 25.2 Å². The minimum atomic E-state index is -0.591. The third-order valence-corrected chi connectivity index (χ3v) is 4.48. The molecule has 0 unspecified atom stereocenters. The fourth-order valence-electron chi connectivity index (χ4n) is 3.16. The van der Waals surface area contributed by atoms with Crippen LogP contribution in [0.5, 0.6) is 11.5 Å². The summed E-state index contributed by atoms with van der Waals surface area (Å²) in [4.78, 5) is 31.3. The molecule has 3 rings (SSSR count). The first-order chi connectivity index (χ1) is 14.7. The van der Waals surface area contributed by atoms with Crippen molar-refractivity contribution in [2.24, 2.45) is 0 Å². The maximum atomic E-state index is 13.1. The first-order valence-corrected chi connectivity index (χ1v) is 10.3. The number of benzene rings is 1. The predicted octanol–water partition coefficient (Wildman–Crippen LogP) is 3.29. The van der Waals surface area contributed by atoms with Gasteiger partial charge in [-0.15, -0.1) is 0 Å². The van der Waals surface area contributed by atoms with Gasteiger partial charge in [0.15, 0.2) is 11.5 Å². The summed E-state index contributed by atoms with van der Waals surface area (Å²) in [6, 6.07) is 10.8. The second-order valence-electron chi connectivity index (χ2n) is 8.51. The van der Waals surface area contributed by atoms with Crippen LogP contribution in [0.4, 0.5) is 4.79 Å². The van der Waals surface area contributed by atoms with Gasteiger partial charge < -0.3 is 24.4 Å². The molecule has 1 aliphatic rings. The van der Waals surface area contributed by atoms with Gasteiger partial charge in [0.1, 0.15) is 5.60 Å². The average Bonchev–Trinajstić information content (AvgIpc) is 3.14. The van der Waals surface area contributed by atoms with Crippen LogP contribution in [-0.4, -0.2) is 46.9 Å². The highest BCUT2D eigenvalue weighted by molar-refractivity contribution is 5.79. The smallest absolute Gasteiger partial charge is 0.407 e. The molecule has 1 aliphatic heterocycles. The first-order valence-electron chi connectivity index (χ1n) is 10.3. The molecule has 2 aromatic rings. The summed E-state index contributed by atoms with van der Waals surface area (Å²) in [6.45, 7) is 8.10. The Morgan fingerprint density at radius 3 is 2.68 bits per heavy atom. The standard InChI is InChI=1S/C23H29N3O5/c1-16(25-22(28)31-23(2,3)4)13-26(14-18-7-5-6-10-24-18)21(27)12-17-8-9-19-20(11-17)30-15-29-19/h5-11,16H,12-15H2,1-4H3,(H,25,28)/t16-/m1/s1. The molecule has 1 aromatic carbocycles. The van der Waals surface area contributed by atoms with Crippen LogP contribution in [0.1, 0.15) is 39.0 Å². The van der Waals surface area contributed by atoms with Crippen LogP contribution in [0.2, 0.25) is 0 Å². The number of hydrogen-bond donors (Lipinski definition) is 1. The number of fused-ring (bicyclic) bond motifs is 1. The topological polar surface area (TPSA) is 90.0 Å². The minimum Gasteiger partial charge on any atom is -0.454 e. The van der Waals surface area contributed by atoms with Crippen LogP contribution >= 0.6 is 0 Å². The third kappa shape index (κ3) is 6.87. The Morgan fingerprint density at radius 2 is 1.97 bits per heavy atom. The van der Waals surface area contributed by atoms with Crippen LogP contribution in [0.3, 0.4) is 0 Å². The molecule has 1 aromatic heterocycles. The Labute approximate surface area is 182 Å². The second kappa shape index (κ2) is 9.68. The number of nitrogens with one attached hydrogen (secondary N) is 1. The lowest BCUT2D eigenvalue weighted by Crippen LogP contribution is -2.46. The molecule has 0 bridgehead atoms. The van der Waals surface area contributed by atoms with Gasteiger partial charge in [0.05, 0.1) is 18.7 Å². The molecule has 1 N–H and O–H groups in total. The van der Waals surface area contributed by atoms with Gasteiger partial charge in [-0.2, -0.15) is 0 Å². The van der Waals surface area contributed by atoms with Crippen molar-refractivity contribution in [3.8, 4) is 11.5 Å². The van der Waals surface area contributed by atoms with Crippen molar-refractivity contribution in [1.29, 1.82) is 0 Å². The number of alkyl carbamates (subject to hydrolysis) is 1. The van der Waals surface area contributed by atoms with Crippen molar-refractivity contribution >= 4 is 12.0 Å². The van der Waals surface area contributed by atoms with Gasteiger partial charge >= 0.3 is 6.09 Å². The summed E-state index contributed by atoms with van der Waals surface area (Å²) in [5.74, 6) is 1.24. The van der Waals surface area contributed by atoms with E-state index in [4.69, 9.17) is 14.2 Å². The van der Waals surface area contributed by atoms with Crippen molar-refractivity contribution in [2.45, 2.75) is 52.3 Å². The Morgan fingerprint density at radius 1 is 1.19 bits per heavy atom. The fraction of sp³-hybridized carbons (Fsp3) is 0.435. The van der Waals surface area contributed by atoms with Gasteiger partial charge in [-0.25, -0.2) is 4.79 Å². The van der Waals surface area contributed by atoms with Gasteiger partial charge in [0.2, 0.25) is 12.7 Å². The highest BCUT2D eigenvalue weighted by Gasteiger charge is 2.22. The van der Waals surface area contributed by atoms with Crippen molar-refractivity contribution in [3.63, 3.8) is 0 Å². The van der Waals surface area contributed by atoms with Gasteiger partial charge in [-0.05, 0) is 57.5 Å². The van der Waals surface area contributed by atoms with Crippen molar-refractivity contribution in [2.75, 3.05) is 13.3 Å². The van der Waals surface area contributed by atoms with Crippen LogP contribution < -0.4 is 14.8 Å². The van der Waals surface area contributed by atoms with E-state index < -0.39 is 11.7 Å². The Bertz CT molecular complexity index is 911. The first kappa shape index (κ1) is 22.4. The lowest BCUT2D eigenvalue weighted by atomic mass is 10.1. The quantitative estimate of drug-likeness (QED) is 0.729. The number of nitrogens with zero attached hydrogens (tertiary/aromatic N) is 2. The number of ether oxygens (including phenoxy) is 3. The number of rotatable bonds is 7. The highest BCUT2D eigenvalue weighted by atomic mass is 16.7. The van der Waals surface area contributed by atoms with Gasteiger partial charge in [0.25, 0.3) is 0 Å². The normalized spacial score (nSPS) is 13.4. The van der Waals surface area contributed by atoms with E-state index in [1.54, 1.807) is 37.9 Å². The van der Waals surface area contributed by atoms with Crippen LogP contribution in [0, 0.1) is 0 Å². The number of carbonyl (C=O) groups is 2. The molecule has 0 fully saturated rings. The number of amides is 2. The average molecular weight is 428 g/mol. The maximum Gasteiger partial charge on any atom is 0.407 e. The summed E-state index contributed by atoms with van der Waals surface area (Å²) in [5, 5.41) is 2.79. The van der Waals surface area contributed by atoms with E-state index >= 15 is 0 Å². The number of hydrogen-bond acceptors (Lipinski definition) is 6. The summed E-state index contributed by atoms with van der Waals surface area (Å²) in [7, 11) is 0. The lowest BCUT2D eigenvalue weighted by molar-refractivity contribution is -0.131. The molecular formula is C23H29N3O5. The van der Waals surface area contributed by atoms with E-state index in [0.29, 0.717) is 24.6 Å². The Kier molecular flexibility index (Phi) is 6.99. The largest absolute Gasteiger partial charge is 0.454 e. The molecule has 8 nitrogen and oxygen atoms in total. The molecule has 0 saturated carbocycles. The molecule has 0 spiro atoms. The van der Waals surface area contributed by atoms with Gasteiger partial charge in [0, 0.05) is 18.8 Å². The summed E-state index contributed by atoms with van der Waals surface area (Å²) < 4.78 is 16.1. The molecule has 8 heteroatoms. The zero-order valence-electron chi connectivity index (χ0n) is 18.4. The summed E-state index contributed by atoms with van der Waals surface area (Å²) >= 11 is 0. The maximum absolute atomic E-state index is 13.1. The SMILES string of the molecule is C[C@H](CN(Cc1ccccn1)C(=O)Cc1ccc2c(c1)OCO2)NC(=O)OC(C)(C)C. The lowest BCUT2D eigenvalue weighted by Gasteiger charge is -2.27. The highest BCUT2D eigenvalue weighted by Crippen LogP contribution is 2.32. The zero-order valence-corrected chi connectivity index (χ0v) is 18.4. The number of aromatic nitrogens is 1.